The van der Waals surface area contributed by atoms with Gasteiger partial charge in [-0.05, 0) is 44.9 Å². The molecule has 0 rings (SSSR count). The minimum atomic E-state index is 1.07. The van der Waals surface area contributed by atoms with E-state index in [0.717, 1.165) is 6.42 Å². The van der Waals surface area contributed by atoms with Gasteiger partial charge in [-0.25, -0.2) is 0 Å². The molecule has 0 atom stereocenters. The van der Waals surface area contributed by atoms with Crippen molar-refractivity contribution < 1.29 is 0 Å². The van der Waals surface area contributed by atoms with Gasteiger partial charge < -0.3 is 0 Å². The molecule has 0 aromatic carbocycles. The minimum absolute atomic E-state index is 1.07. The van der Waals surface area contributed by atoms with E-state index in [1.165, 1.54) is 70.6 Å². The van der Waals surface area contributed by atoms with Gasteiger partial charge in [0.1, 0.15) is 0 Å². The first-order valence-electron chi connectivity index (χ1n) is 8.01. The van der Waals surface area contributed by atoms with Crippen molar-refractivity contribution in [2.24, 2.45) is 0 Å². The van der Waals surface area contributed by atoms with E-state index >= 15 is 0 Å². The Balaban J connectivity index is 3.07. The van der Waals surface area contributed by atoms with Gasteiger partial charge in [-0.2, -0.15) is 0 Å². The van der Waals surface area contributed by atoms with Crippen LogP contribution in [0.25, 0.3) is 0 Å². The molecule has 0 aliphatic heterocycles. The highest BCUT2D eigenvalue weighted by molar-refractivity contribution is 4.82. The van der Waals surface area contributed by atoms with Crippen molar-refractivity contribution in [1.82, 2.24) is 0 Å². The van der Waals surface area contributed by atoms with E-state index in [2.05, 4.69) is 38.2 Å². The van der Waals surface area contributed by atoms with Crippen LogP contribution in [-0.2, 0) is 0 Å². The Bertz CT molecular complexity index is 166. The van der Waals surface area contributed by atoms with Crippen molar-refractivity contribution >= 4 is 0 Å². The second-order valence-electron chi connectivity index (χ2n) is 5.07. The van der Waals surface area contributed by atoms with E-state index < -0.39 is 0 Å². The van der Waals surface area contributed by atoms with Crippen LogP contribution < -0.4 is 0 Å². The molecule has 105 valence electrons. The Morgan fingerprint density at radius 1 is 0.611 bits per heavy atom. The summed E-state index contributed by atoms with van der Waals surface area (Å²) in [5.41, 5.74) is 0. The van der Waals surface area contributed by atoms with Crippen LogP contribution in [0.5, 0.6) is 0 Å². The first-order valence-corrected chi connectivity index (χ1v) is 8.01. The molecule has 0 saturated heterocycles. The molecule has 0 aromatic heterocycles. The zero-order valence-electron chi connectivity index (χ0n) is 12.5. The van der Waals surface area contributed by atoms with Crippen molar-refractivity contribution in [1.29, 1.82) is 0 Å². The van der Waals surface area contributed by atoms with Gasteiger partial charge in [0.2, 0.25) is 0 Å². The van der Waals surface area contributed by atoms with Gasteiger partial charge in [-0.1, -0.05) is 70.3 Å². The summed E-state index contributed by atoms with van der Waals surface area (Å²) in [6.07, 6.45) is 24.9. The van der Waals surface area contributed by atoms with Crippen molar-refractivity contribution in [2.75, 3.05) is 0 Å². The summed E-state index contributed by atoms with van der Waals surface area (Å²) in [7, 11) is 0. The molecule has 1 radical (unpaired) electrons. The van der Waals surface area contributed by atoms with Gasteiger partial charge >= 0.3 is 0 Å². The predicted octanol–water partition coefficient (Wildman–Crippen LogP) is 6.63. The fraction of sp³-hybridized carbons (Fsp3) is 0.722. The fourth-order valence-corrected chi connectivity index (χ4v) is 1.93. The lowest BCUT2D eigenvalue weighted by Gasteiger charge is -1.97. The van der Waals surface area contributed by atoms with Crippen molar-refractivity contribution in [2.45, 2.75) is 84.0 Å². The van der Waals surface area contributed by atoms with Crippen molar-refractivity contribution in [3.63, 3.8) is 0 Å². The summed E-state index contributed by atoms with van der Waals surface area (Å²) in [5.74, 6) is 0. The lowest BCUT2D eigenvalue weighted by molar-refractivity contribution is 0.651. The first kappa shape index (κ1) is 17.5. The van der Waals surface area contributed by atoms with Crippen LogP contribution in [0.15, 0.2) is 24.3 Å². The van der Waals surface area contributed by atoms with Gasteiger partial charge in [-0.15, -0.1) is 0 Å². The molecule has 0 N–H and O–H groups in total. The topological polar surface area (TPSA) is 0 Å². The molecule has 0 heterocycles. The van der Waals surface area contributed by atoms with Crippen LogP contribution in [0.1, 0.15) is 84.0 Å². The van der Waals surface area contributed by atoms with Gasteiger partial charge in [0.25, 0.3) is 0 Å². The van der Waals surface area contributed by atoms with Gasteiger partial charge in [-0.3, -0.25) is 0 Å². The van der Waals surface area contributed by atoms with Crippen molar-refractivity contribution in [3.8, 4) is 0 Å². The van der Waals surface area contributed by atoms with E-state index in [0.29, 0.717) is 0 Å². The lowest BCUT2D eigenvalue weighted by atomic mass is 10.1. The normalized spacial score (nSPS) is 11.9. The molecule has 0 bridgehead atoms. The molecule has 0 unspecified atom stereocenters. The summed E-state index contributed by atoms with van der Waals surface area (Å²) < 4.78 is 0. The lowest BCUT2D eigenvalue weighted by Crippen LogP contribution is -1.77. The average molecular weight is 249 g/mol. The van der Waals surface area contributed by atoms with Crippen LogP contribution >= 0.6 is 0 Å². The van der Waals surface area contributed by atoms with Gasteiger partial charge in [0.15, 0.2) is 0 Å². The highest BCUT2D eigenvalue weighted by atomic mass is 13.9. The Hall–Kier alpha value is -0.520. The second kappa shape index (κ2) is 16.5. The monoisotopic (exact) mass is 249 g/mol. The van der Waals surface area contributed by atoms with E-state index in [4.69, 9.17) is 0 Å². The molecule has 0 saturated carbocycles. The number of hydrogen-bond donors (Lipinski definition) is 0. The highest BCUT2D eigenvalue weighted by Gasteiger charge is 1.87. The highest BCUT2D eigenvalue weighted by Crippen LogP contribution is 2.07. The summed E-state index contributed by atoms with van der Waals surface area (Å²) in [4.78, 5) is 0. The summed E-state index contributed by atoms with van der Waals surface area (Å²) in [5, 5.41) is 0. The standard InChI is InChI=1S/C18H33/c1-3-5-7-9-11-13-15-17-18-16-14-12-10-8-6-4-2/h9-12H,1,3-8,13-18H2,2H3. The smallest absolute Gasteiger partial charge is 0.0351 e. The third-order valence-electron chi connectivity index (χ3n) is 3.17. The van der Waals surface area contributed by atoms with Crippen molar-refractivity contribution in [3.05, 3.63) is 31.2 Å². The van der Waals surface area contributed by atoms with E-state index in [9.17, 15) is 0 Å². The molecule has 0 aliphatic rings. The van der Waals surface area contributed by atoms with Gasteiger partial charge in [0.05, 0.1) is 0 Å². The molecular formula is C18H33. The zero-order chi connectivity index (χ0) is 13.3. The largest absolute Gasteiger partial charge is 0.0885 e. The van der Waals surface area contributed by atoms with E-state index in [1.54, 1.807) is 0 Å². The third kappa shape index (κ3) is 15.5. The van der Waals surface area contributed by atoms with Crippen LogP contribution in [0.4, 0.5) is 0 Å². The molecule has 0 fully saturated rings. The first-order chi connectivity index (χ1) is 8.91. The summed E-state index contributed by atoms with van der Waals surface area (Å²) >= 11 is 0. The van der Waals surface area contributed by atoms with E-state index in [1.807, 2.05) is 0 Å². The Morgan fingerprint density at radius 2 is 1.06 bits per heavy atom. The number of hydrogen-bond acceptors (Lipinski definition) is 0. The third-order valence-corrected chi connectivity index (χ3v) is 3.17. The fourth-order valence-electron chi connectivity index (χ4n) is 1.93. The SMILES string of the molecule is [CH2]CCCC=CCCCCCCC=CCCCC. The maximum atomic E-state index is 3.85. The van der Waals surface area contributed by atoms with Crippen LogP contribution in [0, 0.1) is 6.92 Å². The molecule has 0 spiro atoms. The maximum Gasteiger partial charge on any atom is -0.0351 e. The summed E-state index contributed by atoms with van der Waals surface area (Å²) in [6, 6.07) is 0. The van der Waals surface area contributed by atoms with Crippen LogP contribution in [-0.4, -0.2) is 0 Å². The molecule has 0 aliphatic carbocycles. The second-order valence-corrected chi connectivity index (χ2v) is 5.07. The van der Waals surface area contributed by atoms with Gasteiger partial charge in [0, 0.05) is 0 Å². The minimum Gasteiger partial charge on any atom is -0.0885 e. The number of allylic oxidation sites excluding steroid dienone is 4. The van der Waals surface area contributed by atoms with Crippen LogP contribution in [0.2, 0.25) is 0 Å². The average Bonchev–Trinajstić information content (AvgIpc) is 2.39. The van der Waals surface area contributed by atoms with E-state index in [-0.39, 0.29) is 0 Å². The molecule has 0 aromatic rings. The zero-order valence-corrected chi connectivity index (χ0v) is 12.5. The van der Waals surface area contributed by atoms with Crippen LogP contribution in [0.3, 0.4) is 0 Å². The Kier molecular flexibility index (Phi) is 16.0. The quantitative estimate of drug-likeness (QED) is 0.254. The molecule has 0 heteroatoms. The Labute approximate surface area is 116 Å². The molecule has 18 heavy (non-hydrogen) atoms. The molecule has 0 nitrogen and oxygen atoms in total. The molecular weight excluding hydrogens is 216 g/mol. The summed E-state index contributed by atoms with van der Waals surface area (Å²) in [6.45, 7) is 6.10. The Morgan fingerprint density at radius 3 is 1.50 bits per heavy atom. The maximum absolute atomic E-state index is 3.85. The number of unbranched alkanes of at least 4 members (excludes halogenated alkanes) is 9. The number of rotatable bonds is 13. The predicted molar refractivity (Wildman–Crippen MR) is 84.7 cm³/mol. The molecule has 0 amide bonds.